The largest absolute Gasteiger partial charge is 0.0623 e. The highest BCUT2D eigenvalue weighted by atomic mass is 14.0. The molecule has 0 radical (unpaired) electrons. The summed E-state index contributed by atoms with van der Waals surface area (Å²) in [6.07, 6.45) is 0. The topological polar surface area (TPSA) is 0 Å². The zero-order valence-electron chi connectivity index (χ0n) is 8.62. The van der Waals surface area contributed by atoms with Crippen LogP contribution in [-0.4, -0.2) is 0 Å². The van der Waals surface area contributed by atoms with Gasteiger partial charge in [-0.15, -0.1) is 0 Å². The van der Waals surface area contributed by atoms with E-state index in [2.05, 4.69) is 31.2 Å². The van der Waals surface area contributed by atoms with Gasteiger partial charge in [-0.25, -0.2) is 0 Å². The summed E-state index contributed by atoms with van der Waals surface area (Å²) in [6.45, 7) is 2.09. The fourth-order valence-electron chi connectivity index (χ4n) is 1.40. The van der Waals surface area contributed by atoms with Gasteiger partial charge in [-0.2, -0.15) is 0 Å². The van der Waals surface area contributed by atoms with Crippen LogP contribution < -0.4 is 0 Å². The molecule has 0 nitrogen and oxygen atoms in total. The van der Waals surface area contributed by atoms with Crippen molar-refractivity contribution in [2.75, 3.05) is 0 Å². The van der Waals surface area contributed by atoms with E-state index >= 15 is 0 Å². The van der Waals surface area contributed by atoms with Crippen molar-refractivity contribution in [2.24, 2.45) is 0 Å². The normalized spacial score (nSPS) is 11.0. The van der Waals surface area contributed by atoms with Crippen LogP contribution in [0.4, 0.5) is 0 Å². The SMILES string of the molecule is [2H]c1ccc(-c2cccc(C)c2)cc1. The maximum atomic E-state index is 7.40. The van der Waals surface area contributed by atoms with Gasteiger partial charge in [0.1, 0.15) is 0 Å². The Bertz CT molecular complexity index is 429. The molecule has 0 atom stereocenters. The van der Waals surface area contributed by atoms with Gasteiger partial charge in [0.15, 0.2) is 0 Å². The zero-order chi connectivity index (χ0) is 9.97. The van der Waals surface area contributed by atoms with Crippen molar-refractivity contribution >= 4 is 0 Å². The highest BCUT2D eigenvalue weighted by Crippen LogP contribution is 2.19. The maximum absolute atomic E-state index is 7.40. The van der Waals surface area contributed by atoms with Gasteiger partial charge >= 0.3 is 0 Å². The quantitative estimate of drug-likeness (QED) is 0.611. The van der Waals surface area contributed by atoms with Crippen LogP contribution in [0.15, 0.2) is 54.6 Å². The first kappa shape index (κ1) is 6.90. The van der Waals surface area contributed by atoms with Crippen molar-refractivity contribution in [3.05, 3.63) is 60.1 Å². The summed E-state index contributed by atoms with van der Waals surface area (Å²) >= 11 is 0. The van der Waals surface area contributed by atoms with E-state index in [0.717, 1.165) is 0 Å². The van der Waals surface area contributed by atoms with Gasteiger partial charge in [0.2, 0.25) is 0 Å². The second-order valence-electron chi connectivity index (χ2n) is 3.16. The molecular formula is C13H12. The molecule has 0 aliphatic rings. The summed E-state index contributed by atoms with van der Waals surface area (Å²) < 4.78 is 7.40. The van der Waals surface area contributed by atoms with Gasteiger partial charge in [0.25, 0.3) is 0 Å². The van der Waals surface area contributed by atoms with Crippen LogP contribution in [0.5, 0.6) is 0 Å². The minimum Gasteiger partial charge on any atom is -0.0622 e. The lowest BCUT2D eigenvalue weighted by Crippen LogP contribution is -1.77. The Labute approximate surface area is 80.3 Å². The summed E-state index contributed by atoms with van der Waals surface area (Å²) in [7, 11) is 0. The number of benzene rings is 2. The number of hydrogen-bond donors (Lipinski definition) is 0. The molecule has 0 spiro atoms. The van der Waals surface area contributed by atoms with Crippen LogP contribution in [-0.2, 0) is 0 Å². The average Bonchev–Trinajstić information content (AvgIpc) is 2.19. The van der Waals surface area contributed by atoms with Crippen molar-refractivity contribution < 1.29 is 1.37 Å². The first-order valence-corrected chi connectivity index (χ1v) is 4.39. The van der Waals surface area contributed by atoms with E-state index in [4.69, 9.17) is 1.37 Å². The van der Waals surface area contributed by atoms with E-state index in [1.807, 2.05) is 24.3 Å². The smallest absolute Gasteiger partial charge is 0.0622 e. The molecule has 0 unspecified atom stereocenters. The first-order chi connectivity index (χ1) is 6.75. The van der Waals surface area contributed by atoms with Crippen molar-refractivity contribution in [2.45, 2.75) is 6.92 Å². The number of hydrogen-bond acceptors (Lipinski definition) is 0. The molecule has 0 bridgehead atoms. The number of rotatable bonds is 1. The summed E-state index contributed by atoms with van der Waals surface area (Å²) in [5.74, 6) is 0. The highest BCUT2D eigenvalue weighted by Gasteiger charge is 1.94. The molecule has 0 fully saturated rings. The molecule has 0 heteroatoms. The molecule has 0 N–H and O–H groups in total. The molecule has 0 aliphatic heterocycles. The van der Waals surface area contributed by atoms with Crippen molar-refractivity contribution in [1.82, 2.24) is 0 Å². The lowest BCUT2D eigenvalue weighted by atomic mass is 10.0. The van der Waals surface area contributed by atoms with Gasteiger partial charge in [-0.1, -0.05) is 60.1 Å². The molecule has 0 heterocycles. The van der Waals surface area contributed by atoms with Crippen LogP contribution in [0, 0.1) is 6.92 Å². The Hall–Kier alpha value is -1.56. The molecule has 13 heavy (non-hydrogen) atoms. The predicted molar refractivity (Wildman–Crippen MR) is 56.6 cm³/mol. The minimum absolute atomic E-state index is 0.557. The Morgan fingerprint density at radius 3 is 2.31 bits per heavy atom. The molecular weight excluding hydrogens is 156 g/mol. The zero-order valence-corrected chi connectivity index (χ0v) is 7.62. The van der Waals surface area contributed by atoms with Gasteiger partial charge < -0.3 is 0 Å². The van der Waals surface area contributed by atoms with Gasteiger partial charge in [0.05, 0.1) is 1.37 Å². The van der Waals surface area contributed by atoms with Crippen LogP contribution in [0.1, 0.15) is 6.93 Å². The fraction of sp³-hybridized carbons (Fsp3) is 0.0769. The van der Waals surface area contributed by atoms with Crippen LogP contribution in [0.3, 0.4) is 0 Å². The lowest BCUT2D eigenvalue weighted by molar-refractivity contribution is 1.47. The third-order valence-corrected chi connectivity index (χ3v) is 2.07. The summed E-state index contributed by atoms with van der Waals surface area (Å²) in [6, 6.07) is 16.5. The summed E-state index contributed by atoms with van der Waals surface area (Å²) in [5, 5.41) is 0. The van der Waals surface area contributed by atoms with Crippen LogP contribution in [0.25, 0.3) is 11.1 Å². The third kappa shape index (κ3) is 1.78. The van der Waals surface area contributed by atoms with E-state index < -0.39 is 0 Å². The molecule has 64 valence electrons. The van der Waals surface area contributed by atoms with Gasteiger partial charge in [-0.05, 0) is 18.1 Å². The molecule has 0 saturated carbocycles. The Balaban J connectivity index is 2.44. The minimum atomic E-state index is 0.557. The number of aryl methyl sites for hydroxylation is 1. The van der Waals surface area contributed by atoms with E-state index in [1.165, 1.54) is 16.7 Å². The Morgan fingerprint density at radius 1 is 0.923 bits per heavy atom. The second kappa shape index (κ2) is 3.44. The van der Waals surface area contributed by atoms with E-state index in [0.29, 0.717) is 6.04 Å². The first-order valence-electron chi connectivity index (χ1n) is 4.89. The molecule has 0 aliphatic carbocycles. The summed E-state index contributed by atoms with van der Waals surface area (Å²) in [4.78, 5) is 0. The van der Waals surface area contributed by atoms with Crippen molar-refractivity contribution in [3.8, 4) is 11.1 Å². The molecule has 0 aromatic heterocycles. The molecule has 0 saturated heterocycles. The van der Waals surface area contributed by atoms with E-state index in [-0.39, 0.29) is 0 Å². The Kier molecular flexibility index (Phi) is 1.83. The molecule has 0 amide bonds. The highest BCUT2D eigenvalue weighted by molar-refractivity contribution is 5.63. The summed E-state index contributed by atoms with van der Waals surface area (Å²) in [5.41, 5.74) is 3.65. The fourth-order valence-corrected chi connectivity index (χ4v) is 1.40. The average molecular weight is 169 g/mol. The van der Waals surface area contributed by atoms with Gasteiger partial charge in [0, 0.05) is 0 Å². The lowest BCUT2D eigenvalue weighted by Gasteiger charge is -2.01. The maximum Gasteiger partial charge on any atom is 0.0623 e. The Morgan fingerprint density at radius 2 is 1.62 bits per heavy atom. The van der Waals surface area contributed by atoms with Crippen molar-refractivity contribution in [1.29, 1.82) is 0 Å². The third-order valence-electron chi connectivity index (χ3n) is 2.07. The van der Waals surface area contributed by atoms with Crippen LogP contribution in [0.2, 0.25) is 0 Å². The predicted octanol–water partition coefficient (Wildman–Crippen LogP) is 3.66. The standard InChI is InChI=1S/C13H12/c1-11-6-5-9-13(10-11)12-7-3-2-4-8-12/h2-10H,1H3/i2D. The molecule has 2 rings (SSSR count). The van der Waals surface area contributed by atoms with E-state index in [1.54, 1.807) is 0 Å². The van der Waals surface area contributed by atoms with Gasteiger partial charge in [-0.3, -0.25) is 0 Å². The molecule has 2 aromatic rings. The second-order valence-corrected chi connectivity index (χ2v) is 3.16. The van der Waals surface area contributed by atoms with E-state index in [9.17, 15) is 0 Å². The van der Waals surface area contributed by atoms with Crippen LogP contribution >= 0.6 is 0 Å². The monoisotopic (exact) mass is 169 g/mol. The van der Waals surface area contributed by atoms with Crippen molar-refractivity contribution in [3.63, 3.8) is 0 Å². The molecule has 2 aromatic carbocycles.